The van der Waals surface area contributed by atoms with Crippen molar-refractivity contribution in [2.45, 2.75) is 26.3 Å². The summed E-state index contributed by atoms with van der Waals surface area (Å²) in [5, 5.41) is 0. The number of imidazole rings is 1. The van der Waals surface area contributed by atoms with Gasteiger partial charge in [-0.25, -0.2) is 9.78 Å². The maximum Gasteiger partial charge on any atom is 0.328 e. The van der Waals surface area contributed by atoms with Gasteiger partial charge >= 0.3 is 11.7 Å². The maximum atomic E-state index is 12.5. The van der Waals surface area contributed by atoms with Crippen molar-refractivity contribution in [2.75, 3.05) is 51.5 Å². The number of nitrogens with one attached hydrogen (secondary N) is 1. The predicted octanol–water partition coefficient (Wildman–Crippen LogP) is 1.32. The molecule has 0 aliphatic heterocycles. The fourth-order valence-electron chi connectivity index (χ4n) is 2.93. The highest BCUT2D eigenvalue weighted by atomic mass is 16.5. The number of anilines is 2. The third kappa shape index (κ3) is 5.07. The zero-order chi connectivity index (χ0) is 21.7. The van der Waals surface area contributed by atoms with Gasteiger partial charge in [-0.2, -0.15) is 9.97 Å². The van der Waals surface area contributed by atoms with Crippen LogP contribution < -0.4 is 21.1 Å². The fourth-order valence-corrected chi connectivity index (χ4v) is 2.93. The van der Waals surface area contributed by atoms with Gasteiger partial charge in [0, 0.05) is 26.3 Å². The third-order valence-electron chi connectivity index (χ3n) is 4.78. The van der Waals surface area contributed by atoms with E-state index < -0.39 is 0 Å². The Labute approximate surface area is 175 Å². The summed E-state index contributed by atoms with van der Waals surface area (Å²) in [4.78, 5) is 32.5. The molecule has 0 saturated heterocycles. The minimum absolute atomic E-state index is 0.178. The lowest BCUT2D eigenvalue weighted by Crippen LogP contribution is -2.29. The maximum absolute atomic E-state index is 12.5. The molecular formula is C20H30N8O2. The molecule has 0 radical (unpaired) electrons. The van der Waals surface area contributed by atoms with Gasteiger partial charge < -0.3 is 25.3 Å². The number of ether oxygens (including phenoxy) is 1. The van der Waals surface area contributed by atoms with E-state index >= 15 is 0 Å². The Morgan fingerprint density at radius 1 is 1.20 bits per heavy atom. The number of H-pyrrole nitrogens is 1. The van der Waals surface area contributed by atoms with E-state index in [0.29, 0.717) is 24.3 Å². The molecule has 162 valence electrons. The number of likely N-dealkylation sites (N-methyl/N-ethyl adjacent to an activating group) is 2. The van der Waals surface area contributed by atoms with Crippen LogP contribution in [0.25, 0.3) is 11.2 Å². The van der Waals surface area contributed by atoms with E-state index in [2.05, 4.69) is 36.7 Å². The Bertz CT molecular complexity index is 1030. The molecule has 10 heteroatoms. The Kier molecular flexibility index (Phi) is 6.88. The van der Waals surface area contributed by atoms with Crippen LogP contribution in [0.3, 0.4) is 0 Å². The van der Waals surface area contributed by atoms with Gasteiger partial charge in [0.2, 0.25) is 0 Å². The Hall–Kier alpha value is -3.14. The van der Waals surface area contributed by atoms with Gasteiger partial charge in [-0.05, 0) is 32.1 Å². The van der Waals surface area contributed by atoms with Gasteiger partial charge in [-0.1, -0.05) is 19.4 Å². The van der Waals surface area contributed by atoms with Gasteiger partial charge in [0.05, 0.1) is 13.2 Å². The molecule has 0 saturated carbocycles. The van der Waals surface area contributed by atoms with Crippen LogP contribution in [0.4, 0.5) is 11.6 Å². The molecule has 0 fully saturated rings. The second-order valence-electron chi connectivity index (χ2n) is 7.56. The first-order valence-corrected chi connectivity index (χ1v) is 10.1. The number of hydrogen-bond acceptors (Lipinski definition) is 8. The van der Waals surface area contributed by atoms with Crippen LogP contribution in [0.1, 0.15) is 25.3 Å². The molecule has 3 aromatic heterocycles. The SMILES string of the molecule is CCCCOc1nc(N)c2[nH]c(=O)n(Cc3ccc(N(C)CCN(C)C)nc3)c2n1. The summed E-state index contributed by atoms with van der Waals surface area (Å²) in [6, 6.07) is 4.09. The minimum Gasteiger partial charge on any atom is -0.463 e. The summed E-state index contributed by atoms with van der Waals surface area (Å²) >= 11 is 0. The first kappa shape index (κ1) is 21.6. The standard InChI is InChI=1S/C20H30N8O2/c1-5-6-11-30-19-24-17(21)16-18(25-19)28(20(29)23-16)13-14-7-8-15(22-12-14)27(4)10-9-26(2)3/h7-8,12H,5-6,9-11,13H2,1-4H3,(H,23,29)(H2,21,24,25). The van der Waals surface area contributed by atoms with Gasteiger partial charge in [-0.15, -0.1) is 0 Å². The summed E-state index contributed by atoms with van der Waals surface area (Å²) < 4.78 is 7.10. The van der Waals surface area contributed by atoms with Crippen LogP contribution in [0.15, 0.2) is 23.1 Å². The van der Waals surface area contributed by atoms with Crippen LogP contribution in [0.2, 0.25) is 0 Å². The molecule has 0 aliphatic carbocycles. The molecule has 3 heterocycles. The average Bonchev–Trinajstić information content (AvgIpc) is 3.03. The molecule has 0 aliphatic rings. The Morgan fingerprint density at radius 2 is 2.00 bits per heavy atom. The molecule has 3 N–H and O–H groups in total. The lowest BCUT2D eigenvalue weighted by Gasteiger charge is -2.20. The zero-order valence-electron chi connectivity index (χ0n) is 18.1. The van der Waals surface area contributed by atoms with Crippen molar-refractivity contribution in [1.29, 1.82) is 0 Å². The summed E-state index contributed by atoms with van der Waals surface area (Å²) in [6.07, 6.45) is 3.66. The van der Waals surface area contributed by atoms with Crippen LogP contribution in [0.5, 0.6) is 6.01 Å². The molecule has 0 unspecified atom stereocenters. The number of fused-ring (bicyclic) bond motifs is 1. The van der Waals surface area contributed by atoms with Crippen molar-refractivity contribution in [3.05, 3.63) is 34.4 Å². The average molecular weight is 415 g/mol. The van der Waals surface area contributed by atoms with Crippen LogP contribution in [0, 0.1) is 0 Å². The number of rotatable bonds is 10. The molecule has 3 rings (SSSR count). The van der Waals surface area contributed by atoms with Gasteiger partial charge in [0.25, 0.3) is 0 Å². The number of aromatic nitrogens is 5. The zero-order valence-corrected chi connectivity index (χ0v) is 18.1. The highest BCUT2D eigenvalue weighted by Gasteiger charge is 2.15. The third-order valence-corrected chi connectivity index (χ3v) is 4.78. The second-order valence-corrected chi connectivity index (χ2v) is 7.56. The van der Waals surface area contributed by atoms with E-state index in [4.69, 9.17) is 10.5 Å². The lowest BCUT2D eigenvalue weighted by molar-refractivity contribution is 0.286. The topological polar surface area (TPSA) is 118 Å². The molecule has 10 nitrogen and oxygen atoms in total. The summed E-state index contributed by atoms with van der Waals surface area (Å²) in [5.41, 5.74) is 7.42. The van der Waals surface area contributed by atoms with E-state index in [1.807, 2.05) is 33.3 Å². The number of nitrogens with two attached hydrogens (primary N) is 1. The van der Waals surface area contributed by atoms with E-state index in [1.165, 1.54) is 4.57 Å². The van der Waals surface area contributed by atoms with Crippen molar-refractivity contribution in [2.24, 2.45) is 0 Å². The Morgan fingerprint density at radius 3 is 2.67 bits per heavy atom. The van der Waals surface area contributed by atoms with Crippen molar-refractivity contribution >= 4 is 22.8 Å². The number of aromatic amines is 1. The molecule has 0 bridgehead atoms. The van der Waals surface area contributed by atoms with E-state index in [9.17, 15) is 4.79 Å². The predicted molar refractivity (Wildman–Crippen MR) is 118 cm³/mol. The smallest absolute Gasteiger partial charge is 0.328 e. The minimum atomic E-state index is -0.302. The molecule has 0 aromatic carbocycles. The fraction of sp³-hybridized carbons (Fsp3) is 0.500. The van der Waals surface area contributed by atoms with Gasteiger partial charge in [-0.3, -0.25) is 4.57 Å². The summed E-state index contributed by atoms with van der Waals surface area (Å²) in [6.45, 7) is 4.71. The molecule has 30 heavy (non-hydrogen) atoms. The van der Waals surface area contributed by atoms with Gasteiger partial charge in [0.15, 0.2) is 11.5 Å². The van der Waals surface area contributed by atoms with E-state index in [-0.39, 0.29) is 17.5 Å². The monoisotopic (exact) mass is 414 g/mol. The van der Waals surface area contributed by atoms with Crippen LogP contribution in [-0.2, 0) is 6.54 Å². The van der Waals surface area contributed by atoms with Crippen molar-refractivity contribution in [1.82, 2.24) is 29.4 Å². The lowest BCUT2D eigenvalue weighted by atomic mass is 10.2. The van der Waals surface area contributed by atoms with E-state index in [1.54, 1.807) is 6.20 Å². The van der Waals surface area contributed by atoms with Crippen LogP contribution in [-0.4, -0.2) is 70.2 Å². The summed E-state index contributed by atoms with van der Waals surface area (Å²) in [5.74, 6) is 1.07. The number of hydrogen-bond donors (Lipinski definition) is 2. The van der Waals surface area contributed by atoms with Crippen molar-refractivity contribution in [3.63, 3.8) is 0 Å². The highest BCUT2D eigenvalue weighted by molar-refractivity contribution is 5.81. The number of pyridine rings is 1. The molecular weight excluding hydrogens is 384 g/mol. The molecule has 3 aromatic rings. The van der Waals surface area contributed by atoms with Crippen LogP contribution >= 0.6 is 0 Å². The summed E-state index contributed by atoms with van der Waals surface area (Å²) in [7, 11) is 6.09. The van der Waals surface area contributed by atoms with Gasteiger partial charge in [0.1, 0.15) is 11.3 Å². The second kappa shape index (κ2) is 9.57. The molecule has 0 atom stereocenters. The van der Waals surface area contributed by atoms with Crippen molar-refractivity contribution < 1.29 is 4.74 Å². The number of nitrogen functional groups attached to an aromatic ring is 1. The molecule has 0 spiro atoms. The van der Waals surface area contributed by atoms with E-state index in [0.717, 1.165) is 37.3 Å². The quantitative estimate of drug-likeness (QED) is 0.477. The number of unbranched alkanes of at least 4 members (excludes halogenated alkanes) is 1. The number of nitrogens with zero attached hydrogens (tertiary/aromatic N) is 6. The van der Waals surface area contributed by atoms with Crippen molar-refractivity contribution in [3.8, 4) is 6.01 Å². The normalized spacial score (nSPS) is 11.4. The Balaban J connectivity index is 1.81. The largest absolute Gasteiger partial charge is 0.463 e. The highest BCUT2D eigenvalue weighted by Crippen LogP contribution is 2.19. The first-order valence-electron chi connectivity index (χ1n) is 10.1. The molecule has 0 amide bonds. The first-order chi connectivity index (χ1) is 14.4.